The van der Waals surface area contributed by atoms with Crippen LogP contribution in [-0.2, 0) is 7.05 Å². The summed E-state index contributed by atoms with van der Waals surface area (Å²) in [6, 6.07) is 2.61. The van der Waals surface area contributed by atoms with Crippen LogP contribution in [0.1, 0.15) is 50.1 Å². The predicted molar refractivity (Wildman–Crippen MR) is 121 cm³/mol. The summed E-state index contributed by atoms with van der Waals surface area (Å²) >= 11 is 0. The van der Waals surface area contributed by atoms with E-state index in [1.165, 1.54) is 0 Å². The molecule has 33 heavy (non-hydrogen) atoms. The Bertz CT molecular complexity index is 1470. The summed E-state index contributed by atoms with van der Waals surface area (Å²) < 4.78 is 11.5. The third kappa shape index (κ3) is 3.36. The summed E-state index contributed by atoms with van der Waals surface area (Å²) in [5, 5.41) is 21.1. The van der Waals surface area contributed by atoms with Gasteiger partial charge in [0, 0.05) is 49.4 Å². The lowest BCUT2D eigenvalue weighted by Crippen LogP contribution is -2.06. The first kappa shape index (κ1) is 19.6. The first-order valence-electron chi connectivity index (χ1n) is 11.0. The van der Waals surface area contributed by atoms with Crippen LogP contribution in [0, 0.1) is 6.92 Å². The van der Waals surface area contributed by atoms with Gasteiger partial charge in [0.15, 0.2) is 11.6 Å². The third-order valence-electron chi connectivity index (χ3n) is 5.91. The first-order chi connectivity index (χ1) is 16.0. The molecule has 168 valence electrons. The number of aryl methyl sites for hydroxylation is 2. The van der Waals surface area contributed by atoms with Crippen LogP contribution in [0.15, 0.2) is 35.3 Å². The predicted octanol–water partition coefficient (Wildman–Crippen LogP) is 3.89. The van der Waals surface area contributed by atoms with E-state index in [2.05, 4.69) is 34.3 Å². The maximum atomic E-state index is 5.84. The van der Waals surface area contributed by atoms with Gasteiger partial charge in [-0.15, -0.1) is 10.2 Å². The van der Waals surface area contributed by atoms with Crippen LogP contribution in [0.5, 0.6) is 0 Å². The molecule has 1 N–H and O–H groups in total. The molecule has 5 aromatic rings. The van der Waals surface area contributed by atoms with Crippen LogP contribution in [0.4, 0.5) is 11.8 Å². The summed E-state index contributed by atoms with van der Waals surface area (Å²) in [6.07, 6.45) is 9.73. The molecule has 0 amide bonds. The summed E-state index contributed by atoms with van der Waals surface area (Å²) in [5.74, 6) is 2.74. The van der Waals surface area contributed by atoms with Crippen LogP contribution in [0.25, 0.3) is 28.4 Å². The van der Waals surface area contributed by atoms with Gasteiger partial charge in [0.25, 0.3) is 0 Å². The molecule has 0 radical (unpaired) electrons. The molecule has 0 aliphatic heterocycles. The molecule has 0 saturated heterocycles. The molecule has 0 bridgehead atoms. The van der Waals surface area contributed by atoms with Crippen molar-refractivity contribution in [3.05, 3.63) is 42.3 Å². The second kappa shape index (κ2) is 7.26. The Morgan fingerprint density at radius 1 is 1.15 bits per heavy atom. The Labute approximate surface area is 189 Å². The molecule has 5 aromatic heterocycles. The second-order valence-electron chi connectivity index (χ2n) is 8.73. The molecule has 0 spiro atoms. The van der Waals surface area contributed by atoms with E-state index >= 15 is 0 Å². The molecule has 11 nitrogen and oxygen atoms in total. The Morgan fingerprint density at radius 3 is 2.70 bits per heavy atom. The van der Waals surface area contributed by atoms with Gasteiger partial charge in [-0.05, 0) is 45.2 Å². The van der Waals surface area contributed by atoms with Crippen molar-refractivity contribution in [3.8, 4) is 22.9 Å². The molecular weight excluding hydrogens is 420 g/mol. The fourth-order valence-electron chi connectivity index (χ4n) is 3.90. The van der Waals surface area contributed by atoms with E-state index in [9.17, 15) is 0 Å². The van der Waals surface area contributed by atoms with Gasteiger partial charge in [0.2, 0.25) is 11.7 Å². The lowest BCUT2D eigenvalue weighted by atomic mass is 10.1. The number of imidazole rings is 1. The van der Waals surface area contributed by atoms with Crippen molar-refractivity contribution >= 4 is 17.3 Å². The number of hydrogen-bond acceptors (Lipinski definition) is 8. The maximum absolute atomic E-state index is 5.84. The SMILES string of the molecule is Cc1c(-c2ccn(C(C)C)n2)cn2nc(-c3nccn3C)nc(Nc3nnc(C4CC4)o3)c12. The highest BCUT2D eigenvalue weighted by atomic mass is 16.4. The van der Waals surface area contributed by atoms with Gasteiger partial charge in [-0.25, -0.2) is 14.5 Å². The van der Waals surface area contributed by atoms with Crippen molar-refractivity contribution in [1.29, 1.82) is 0 Å². The molecule has 5 heterocycles. The molecule has 1 aliphatic carbocycles. The Balaban J connectivity index is 1.50. The van der Waals surface area contributed by atoms with Crippen molar-refractivity contribution in [3.63, 3.8) is 0 Å². The highest BCUT2D eigenvalue weighted by Crippen LogP contribution is 2.40. The largest absolute Gasteiger partial charge is 0.408 e. The fraction of sp³-hybridized carbons (Fsp3) is 0.364. The number of anilines is 2. The second-order valence-corrected chi connectivity index (χ2v) is 8.73. The smallest absolute Gasteiger partial charge is 0.321 e. The number of hydrogen-bond donors (Lipinski definition) is 1. The minimum Gasteiger partial charge on any atom is -0.408 e. The minimum atomic E-state index is 0.279. The number of aromatic nitrogens is 9. The van der Waals surface area contributed by atoms with Gasteiger partial charge in [-0.3, -0.25) is 10.00 Å². The van der Waals surface area contributed by atoms with Gasteiger partial charge < -0.3 is 8.98 Å². The number of nitrogens with one attached hydrogen (secondary N) is 1. The Morgan fingerprint density at radius 2 is 2.00 bits per heavy atom. The first-order valence-corrected chi connectivity index (χ1v) is 11.0. The molecule has 1 saturated carbocycles. The summed E-state index contributed by atoms with van der Waals surface area (Å²) in [7, 11) is 1.91. The van der Waals surface area contributed by atoms with Crippen LogP contribution in [0.3, 0.4) is 0 Å². The van der Waals surface area contributed by atoms with Gasteiger partial charge >= 0.3 is 6.01 Å². The standard InChI is InChI=1S/C22H24N10O/c1-12(2)31-9-7-16(28-31)15-11-32-17(13(15)3)18(24-19(29-32)20-23-8-10-30(20)4)25-22-27-26-21(33-22)14-5-6-14/h7-12,14H,5-6H2,1-4H3,(H,24,25,27,29). The van der Waals surface area contributed by atoms with E-state index in [0.29, 0.717) is 35.3 Å². The van der Waals surface area contributed by atoms with Crippen LogP contribution >= 0.6 is 0 Å². The van der Waals surface area contributed by atoms with Gasteiger partial charge in [-0.2, -0.15) is 5.10 Å². The van der Waals surface area contributed by atoms with Crippen molar-refractivity contribution in [2.45, 2.75) is 45.6 Å². The molecule has 6 rings (SSSR count). The average Bonchev–Trinajstić information content (AvgIpc) is 3.16. The quantitative estimate of drug-likeness (QED) is 0.419. The summed E-state index contributed by atoms with van der Waals surface area (Å²) in [4.78, 5) is 9.21. The van der Waals surface area contributed by atoms with Gasteiger partial charge in [0.1, 0.15) is 5.52 Å². The van der Waals surface area contributed by atoms with Crippen LogP contribution < -0.4 is 5.32 Å². The number of nitrogens with zero attached hydrogens (tertiary/aromatic N) is 9. The molecular formula is C22H24N10O. The molecule has 0 aromatic carbocycles. The zero-order valence-electron chi connectivity index (χ0n) is 18.9. The fourth-order valence-corrected chi connectivity index (χ4v) is 3.90. The normalized spacial score (nSPS) is 14.0. The van der Waals surface area contributed by atoms with E-state index in [0.717, 1.165) is 35.2 Å². The number of rotatable bonds is 6. The topological polar surface area (TPSA) is 117 Å². The lowest BCUT2D eigenvalue weighted by molar-refractivity contribution is 0.511. The molecule has 11 heteroatoms. The molecule has 0 atom stereocenters. The third-order valence-corrected chi connectivity index (χ3v) is 5.91. The van der Waals surface area contributed by atoms with Crippen molar-refractivity contribution in [1.82, 2.24) is 44.1 Å². The number of fused-ring (bicyclic) bond motifs is 1. The Kier molecular flexibility index (Phi) is 4.32. The zero-order valence-corrected chi connectivity index (χ0v) is 18.9. The van der Waals surface area contributed by atoms with E-state index in [-0.39, 0.29) is 6.04 Å². The van der Waals surface area contributed by atoms with E-state index in [4.69, 9.17) is 19.6 Å². The van der Waals surface area contributed by atoms with Crippen LogP contribution in [0.2, 0.25) is 0 Å². The molecule has 0 unspecified atom stereocenters. The van der Waals surface area contributed by atoms with E-state index in [1.54, 1.807) is 6.20 Å². The molecule has 1 aliphatic rings. The van der Waals surface area contributed by atoms with Crippen molar-refractivity contribution < 1.29 is 4.42 Å². The highest BCUT2D eigenvalue weighted by Gasteiger charge is 2.30. The average molecular weight is 445 g/mol. The minimum absolute atomic E-state index is 0.279. The molecule has 1 fully saturated rings. The van der Waals surface area contributed by atoms with Gasteiger partial charge in [-0.1, -0.05) is 5.10 Å². The lowest BCUT2D eigenvalue weighted by Gasteiger charge is -2.08. The summed E-state index contributed by atoms with van der Waals surface area (Å²) in [6.45, 7) is 6.25. The van der Waals surface area contributed by atoms with E-state index < -0.39 is 0 Å². The monoisotopic (exact) mass is 444 g/mol. The van der Waals surface area contributed by atoms with E-state index in [1.807, 2.05) is 52.4 Å². The van der Waals surface area contributed by atoms with Crippen LogP contribution in [-0.4, -0.2) is 44.1 Å². The maximum Gasteiger partial charge on any atom is 0.321 e. The van der Waals surface area contributed by atoms with Crippen molar-refractivity contribution in [2.24, 2.45) is 7.05 Å². The highest BCUT2D eigenvalue weighted by molar-refractivity contribution is 5.83. The Hall–Kier alpha value is -4.02. The van der Waals surface area contributed by atoms with Crippen molar-refractivity contribution in [2.75, 3.05) is 5.32 Å². The summed E-state index contributed by atoms with van der Waals surface area (Å²) in [5.41, 5.74) is 3.67. The zero-order chi connectivity index (χ0) is 22.7. The van der Waals surface area contributed by atoms with Gasteiger partial charge in [0.05, 0.1) is 5.69 Å².